The molecule has 0 amide bonds. The fourth-order valence-corrected chi connectivity index (χ4v) is 31.7. The normalized spacial score (nSPS) is 16.4. The first-order chi connectivity index (χ1) is 23.5. The fraction of sp³-hybridized carbons (Fsp3) is 0.130. The fourth-order valence-electron chi connectivity index (χ4n) is 8.45. The molecule has 2 heteroatoms. The van der Waals surface area contributed by atoms with Crippen molar-refractivity contribution in [2.45, 2.75) is 34.2 Å². The van der Waals surface area contributed by atoms with Gasteiger partial charge in [-0.25, -0.2) is 0 Å². The summed E-state index contributed by atoms with van der Waals surface area (Å²) >= 11 is -2.38. The summed E-state index contributed by atoms with van der Waals surface area (Å²) in [5.74, 6) is -1.08. The molecular formula is C46H41SiZr. The summed E-state index contributed by atoms with van der Waals surface area (Å²) in [6.45, 7) is 10.3. The summed E-state index contributed by atoms with van der Waals surface area (Å²) in [6.07, 6.45) is 5.17. The molecule has 0 aliphatic heterocycles. The van der Waals surface area contributed by atoms with E-state index in [0.717, 1.165) is 0 Å². The molecule has 0 saturated carbocycles. The summed E-state index contributed by atoms with van der Waals surface area (Å²) in [6, 6.07) is 54.1. The van der Waals surface area contributed by atoms with E-state index in [1.54, 1.807) is 22.3 Å². The van der Waals surface area contributed by atoms with Gasteiger partial charge in [-0.1, -0.05) is 0 Å². The maximum absolute atomic E-state index is 2.68. The van der Waals surface area contributed by atoms with Gasteiger partial charge >= 0.3 is 297 Å². The number of allylic oxidation sites excluding steroid dienone is 2. The van der Waals surface area contributed by atoms with Gasteiger partial charge in [0.2, 0.25) is 0 Å². The topological polar surface area (TPSA) is 0 Å². The molecule has 2 aliphatic rings. The van der Waals surface area contributed by atoms with Crippen molar-refractivity contribution in [3.05, 3.63) is 179 Å². The van der Waals surface area contributed by atoms with E-state index in [0.29, 0.717) is 7.25 Å². The van der Waals surface area contributed by atoms with Gasteiger partial charge in [0.25, 0.3) is 0 Å². The van der Waals surface area contributed by atoms with Crippen LogP contribution in [0.4, 0.5) is 0 Å². The molecule has 48 heavy (non-hydrogen) atoms. The van der Waals surface area contributed by atoms with E-state index >= 15 is 0 Å². The van der Waals surface area contributed by atoms with Crippen molar-refractivity contribution in [3.63, 3.8) is 0 Å². The van der Waals surface area contributed by atoms with Gasteiger partial charge in [-0.15, -0.1) is 0 Å². The van der Waals surface area contributed by atoms with Crippen LogP contribution in [0.15, 0.2) is 157 Å². The molecule has 0 nitrogen and oxygen atoms in total. The molecule has 0 fully saturated rings. The Labute approximate surface area is 294 Å². The van der Waals surface area contributed by atoms with Crippen molar-refractivity contribution in [2.75, 3.05) is 0 Å². The number of fused-ring (bicyclic) bond motifs is 2. The van der Waals surface area contributed by atoms with Gasteiger partial charge in [0, 0.05) is 0 Å². The Hall–Kier alpha value is -4.10. The predicted octanol–water partition coefficient (Wildman–Crippen LogP) is 12.6. The van der Waals surface area contributed by atoms with Crippen molar-refractivity contribution in [3.8, 4) is 44.5 Å². The molecule has 2 aliphatic carbocycles. The third-order valence-corrected chi connectivity index (χ3v) is 32.5. The molecular weight excluding hydrogens is 672 g/mol. The van der Waals surface area contributed by atoms with Crippen molar-refractivity contribution in [2.24, 2.45) is 0 Å². The van der Waals surface area contributed by atoms with Gasteiger partial charge in [0.05, 0.1) is 0 Å². The molecule has 2 unspecified atom stereocenters. The van der Waals surface area contributed by atoms with Crippen molar-refractivity contribution < 1.29 is 20.9 Å². The van der Waals surface area contributed by atoms with Gasteiger partial charge in [-0.05, 0) is 0 Å². The second-order valence-corrected chi connectivity index (χ2v) is 33.8. The quantitative estimate of drug-likeness (QED) is 0.145. The van der Waals surface area contributed by atoms with Crippen LogP contribution in [0, 0.1) is 0 Å². The molecule has 0 spiro atoms. The number of hydrogen-bond donors (Lipinski definition) is 0. The summed E-state index contributed by atoms with van der Waals surface area (Å²) in [5, 5.41) is 0. The van der Waals surface area contributed by atoms with Crippen LogP contribution in [-0.2, 0) is 20.9 Å². The zero-order chi connectivity index (χ0) is 32.8. The van der Waals surface area contributed by atoms with Crippen LogP contribution in [0.3, 0.4) is 0 Å². The minimum atomic E-state index is -2.38. The molecule has 6 aromatic rings. The van der Waals surface area contributed by atoms with Crippen molar-refractivity contribution in [1.82, 2.24) is 0 Å². The Balaban J connectivity index is 1.37. The van der Waals surface area contributed by atoms with Gasteiger partial charge in [-0.3, -0.25) is 0 Å². The molecule has 0 heterocycles. The van der Waals surface area contributed by atoms with Crippen LogP contribution in [0.25, 0.3) is 56.7 Å². The van der Waals surface area contributed by atoms with Crippen LogP contribution in [-0.4, -0.2) is 5.92 Å². The Morgan fingerprint density at radius 1 is 0.396 bits per heavy atom. The maximum atomic E-state index is 2.68. The zero-order valence-corrected chi connectivity index (χ0v) is 31.9. The van der Waals surface area contributed by atoms with E-state index in [4.69, 9.17) is 0 Å². The van der Waals surface area contributed by atoms with E-state index in [1.165, 1.54) is 55.6 Å². The van der Waals surface area contributed by atoms with Gasteiger partial charge in [0.15, 0.2) is 0 Å². The average Bonchev–Trinajstić information content (AvgIpc) is 3.65. The number of hydrogen-bond acceptors (Lipinski definition) is 0. The standard InChI is InChI=1S/2C22H17.C2H7Si.Zr/c2*1-16-14-21-19(17-8-4-2-5-9-17)12-13-20(22(21)15-16)18-10-6-3-7-11-18;1-3-2;/h2*2-15H,1H3;3H,1-2H3;. The van der Waals surface area contributed by atoms with Crippen molar-refractivity contribution in [1.29, 1.82) is 0 Å². The Morgan fingerprint density at radius 3 is 1.00 bits per heavy atom. The second-order valence-electron chi connectivity index (χ2n) is 13.7. The summed E-state index contributed by atoms with van der Waals surface area (Å²) in [5.41, 5.74) is 20.2. The number of benzene rings is 6. The van der Waals surface area contributed by atoms with Crippen LogP contribution >= 0.6 is 0 Å². The molecule has 0 aromatic heterocycles. The van der Waals surface area contributed by atoms with Crippen LogP contribution in [0.5, 0.6) is 0 Å². The summed E-state index contributed by atoms with van der Waals surface area (Å²) < 4.78 is 1.08. The Morgan fingerprint density at radius 2 is 0.688 bits per heavy atom. The minimum absolute atomic E-state index is 0.538. The first kappa shape index (κ1) is 31.2. The third-order valence-electron chi connectivity index (χ3n) is 10.5. The predicted molar refractivity (Wildman–Crippen MR) is 206 cm³/mol. The molecule has 2 atom stereocenters. The SMILES string of the molecule is CC1=Cc2c(-c3ccccc3)ccc(-c3ccccc3)c2[CH]1[Zr]([CH]1C(C)=Cc2c(-c3ccccc3)ccc(-c3ccccc3)c21)[SiH](C)C. The summed E-state index contributed by atoms with van der Waals surface area (Å²) in [4.78, 5) is 0. The molecule has 0 bridgehead atoms. The second kappa shape index (κ2) is 13.1. The van der Waals surface area contributed by atoms with Gasteiger partial charge < -0.3 is 0 Å². The van der Waals surface area contributed by atoms with E-state index in [1.807, 2.05) is 0 Å². The van der Waals surface area contributed by atoms with Crippen LogP contribution in [0.1, 0.15) is 43.4 Å². The van der Waals surface area contributed by atoms with Gasteiger partial charge in [0.1, 0.15) is 0 Å². The third kappa shape index (κ3) is 5.40. The van der Waals surface area contributed by atoms with E-state index in [2.05, 4.69) is 185 Å². The number of rotatable bonds is 7. The molecule has 8 rings (SSSR count). The van der Waals surface area contributed by atoms with Crippen LogP contribution < -0.4 is 0 Å². The monoisotopic (exact) mass is 711 g/mol. The van der Waals surface area contributed by atoms with Gasteiger partial charge in [-0.2, -0.15) is 0 Å². The zero-order valence-electron chi connectivity index (χ0n) is 28.2. The van der Waals surface area contributed by atoms with E-state index < -0.39 is 26.8 Å². The summed E-state index contributed by atoms with van der Waals surface area (Å²) in [7, 11) is 0. The van der Waals surface area contributed by atoms with E-state index in [-0.39, 0.29) is 0 Å². The molecule has 6 aromatic carbocycles. The molecule has 233 valence electrons. The Kier molecular flexibility index (Phi) is 8.49. The first-order valence-corrected chi connectivity index (χ1v) is 27.3. The molecule has 0 saturated heterocycles. The van der Waals surface area contributed by atoms with Crippen molar-refractivity contribution >= 4 is 18.1 Å². The van der Waals surface area contributed by atoms with Crippen LogP contribution in [0.2, 0.25) is 13.1 Å². The average molecular weight is 713 g/mol. The molecule has 0 radical (unpaired) electrons. The van der Waals surface area contributed by atoms with E-state index in [9.17, 15) is 0 Å². The molecule has 0 N–H and O–H groups in total. The Bertz CT molecular complexity index is 2010. The first-order valence-electron chi connectivity index (χ1n) is 17.3.